The van der Waals surface area contributed by atoms with Crippen molar-refractivity contribution in [2.75, 3.05) is 18.0 Å². The van der Waals surface area contributed by atoms with Crippen molar-refractivity contribution >= 4 is 11.6 Å². The van der Waals surface area contributed by atoms with Crippen molar-refractivity contribution < 1.29 is 10.0 Å². The Labute approximate surface area is 182 Å². The third kappa shape index (κ3) is 3.94. The first-order chi connectivity index (χ1) is 15.2. The molecule has 158 valence electrons. The second kappa shape index (κ2) is 8.53. The van der Waals surface area contributed by atoms with Gasteiger partial charge in [-0.2, -0.15) is 0 Å². The van der Waals surface area contributed by atoms with Crippen molar-refractivity contribution in [3.05, 3.63) is 101 Å². The molecule has 2 heterocycles. The van der Waals surface area contributed by atoms with Gasteiger partial charge in [0, 0.05) is 49.4 Å². The molecule has 0 aliphatic carbocycles. The number of nitrogens with zero attached hydrogens (tertiary/aromatic N) is 2. The van der Waals surface area contributed by atoms with Crippen LogP contribution in [0.5, 0.6) is 0 Å². The highest BCUT2D eigenvalue weighted by Crippen LogP contribution is 2.45. The van der Waals surface area contributed by atoms with E-state index in [1.807, 2.05) is 12.1 Å². The molecule has 31 heavy (non-hydrogen) atoms. The van der Waals surface area contributed by atoms with E-state index in [4.69, 9.17) is 5.21 Å². The Bertz CT molecular complexity index is 1050. The molecule has 2 atom stereocenters. The highest BCUT2D eigenvalue weighted by Gasteiger charge is 2.41. The van der Waals surface area contributed by atoms with Gasteiger partial charge in [0.25, 0.3) is 5.91 Å². The lowest BCUT2D eigenvalue weighted by Gasteiger charge is -2.39. The zero-order valence-electron chi connectivity index (χ0n) is 17.4. The summed E-state index contributed by atoms with van der Waals surface area (Å²) >= 11 is 0. The third-order valence-electron chi connectivity index (χ3n) is 6.63. The minimum absolute atomic E-state index is 0.458. The van der Waals surface area contributed by atoms with Crippen LogP contribution in [-0.4, -0.2) is 35.1 Å². The maximum atomic E-state index is 11.6. The van der Waals surface area contributed by atoms with Crippen LogP contribution in [0.15, 0.2) is 78.9 Å². The van der Waals surface area contributed by atoms with Gasteiger partial charge in [-0.15, -0.1) is 0 Å². The van der Waals surface area contributed by atoms with E-state index in [9.17, 15) is 4.79 Å². The van der Waals surface area contributed by atoms with Crippen molar-refractivity contribution in [2.24, 2.45) is 0 Å². The number of hydrogen-bond acceptors (Lipinski definition) is 4. The summed E-state index contributed by atoms with van der Waals surface area (Å²) < 4.78 is 0. The van der Waals surface area contributed by atoms with Gasteiger partial charge in [-0.05, 0) is 41.3 Å². The van der Waals surface area contributed by atoms with Crippen molar-refractivity contribution in [1.82, 2.24) is 10.4 Å². The summed E-state index contributed by atoms with van der Waals surface area (Å²) in [5.74, 6) is 0.0250. The summed E-state index contributed by atoms with van der Waals surface area (Å²) in [6.45, 7) is 3.98. The molecule has 0 radical (unpaired) electrons. The minimum atomic E-state index is -0.482. The van der Waals surface area contributed by atoms with Crippen LogP contribution in [0.4, 0.5) is 5.69 Å². The topological polar surface area (TPSA) is 55.8 Å². The van der Waals surface area contributed by atoms with Crippen LogP contribution in [0.25, 0.3) is 0 Å². The van der Waals surface area contributed by atoms with E-state index in [0.717, 1.165) is 38.2 Å². The Kier molecular flexibility index (Phi) is 5.45. The fourth-order valence-electron chi connectivity index (χ4n) is 5.14. The van der Waals surface area contributed by atoms with Crippen LogP contribution >= 0.6 is 0 Å². The molecule has 0 saturated carbocycles. The first-order valence-electron chi connectivity index (χ1n) is 10.9. The second-order valence-corrected chi connectivity index (χ2v) is 8.51. The fourth-order valence-corrected chi connectivity index (χ4v) is 5.14. The maximum Gasteiger partial charge on any atom is 0.274 e. The molecule has 0 spiro atoms. The summed E-state index contributed by atoms with van der Waals surface area (Å²) in [5.41, 5.74) is 7.46. The molecule has 3 aromatic rings. The standard InChI is InChI=1S/C26H27N3O2/c30-26(27-31)21-12-10-20(11-13-21)17-29-24-9-5-4-8-22(24)23-18-28(15-14-25(23)29)16-19-6-2-1-3-7-19/h1-13,23,25,31H,14-18H2,(H,27,30). The number of para-hydroxylation sites is 1. The minimum Gasteiger partial charge on any atom is -0.363 e. The zero-order valence-corrected chi connectivity index (χ0v) is 17.4. The summed E-state index contributed by atoms with van der Waals surface area (Å²) in [6, 6.07) is 27.5. The summed E-state index contributed by atoms with van der Waals surface area (Å²) in [6.07, 6.45) is 1.14. The number of nitrogens with one attached hydrogen (secondary N) is 1. The van der Waals surface area contributed by atoms with Crippen LogP contribution in [-0.2, 0) is 13.1 Å². The van der Waals surface area contributed by atoms with Crippen LogP contribution in [0.2, 0.25) is 0 Å². The van der Waals surface area contributed by atoms with Crippen molar-refractivity contribution in [1.29, 1.82) is 0 Å². The number of amides is 1. The van der Waals surface area contributed by atoms with Crippen LogP contribution in [0.3, 0.4) is 0 Å². The molecular formula is C26H27N3O2. The number of anilines is 1. The van der Waals surface area contributed by atoms with Gasteiger partial charge in [0.15, 0.2) is 0 Å². The lowest BCUT2D eigenvalue weighted by atomic mass is 9.89. The van der Waals surface area contributed by atoms with E-state index in [1.165, 1.54) is 16.8 Å². The molecule has 2 aliphatic rings. The van der Waals surface area contributed by atoms with Gasteiger partial charge in [0.2, 0.25) is 0 Å². The van der Waals surface area contributed by atoms with E-state index >= 15 is 0 Å². The van der Waals surface area contributed by atoms with E-state index in [2.05, 4.69) is 64.4 Å². The lowest BCUT2D eigenvalue weighted by molar-refractivity contribution is 0.0706. The molecule has 1 fully saturated rings. The highest BCUT2D eigenvalue weighted by atomic mass is 16.5. The van der Waals surface area contributed by atoms with E-state index in [1.54, 1.807) is 17.6 Å². The Hall–Kier alpha value is -3.15. The number of fused-ring (bicyclic) bond motifs is 3. The van der Waals surface area contributed by atoms with Gasteiger partial charge in [-0.3, -0.25) is 14.9 Å². The Morgan fingerprint density at radius 3 is 2.39 bits per heavy atom. The SMILES string of the molecule is O=C(NO)c1ccc(CN2c3ccccc3C3CN(Cc4ccccc4)CCC32)cc1. The predicted octanol–water partition coefficient (Wildman–Crippen LogP) is 4.18. The highest BCUT2D eigenvalue weighted by molar-refractivity contribution is 5.93. The molecule has 0 aromatic heterocycles. The van der Waals surface area contributed by atoms with Gasteiger partial charge in [0.05, 0.1) is 0 Å². The van der Waals surface area contributed by atoms with Crippen LogP contribution in [0.1, 0.15) is 39.4 Å². The normalized spacial score (nSPS) is 20.2. The van der Waals surface area contributed by atoms with Gasteiger partial charge in [-0.25, -0.2) is 5.48 Å². The number of carbonyl (C=O) groups excluding carboxylic acids is 1. The first kappa shape index (κ1) is 19.8. The predicted molar refractivity (Wildman–Crippen MR) is 121 cm³/mol. The van der Waals surface area contributed by atoms with Crippen LogP contribution in [0, 0.1) is 0 Å². The molecule has 2 N–H and O–H groups in total. The molecular weight excluding hydrogens is 386 g/mol. The number of piperidine rings is 1. The Morgan fingerprint density at radius 2 is 1.61 bits per heavy atom. The monoisotopic (exact) mass is 413 g/mol. The van der Waals surface area contributed by atoms with E-state index in [0.29, 0.717) is 17.5 Å². The van der Waals surface area contributed by atoms with E-state index < -0.39 is 5.91 Å². The van der Waals surface area contributed by atoms with Gasteiger partial charge in [0.1, 0.15) is 0 Å². The fraction of sp³-hybridized carbons (Fsp3) is 0.269. The number of benzene rings is 3. The van der Waals surface area contributed by atoms with Gasteiger partial charge < -0.3 is 4.90 Å². The first-order valence-corrected chi connectivity index (χ1v) is 10.9. The quantitative estimate of drug-likeness (QED) is 0.487. The number of hydroxylamine groups is 1. The Morgan fingerprint density at radius 1 is 0.903 bits per heavy atom. The third-order valence-corrected chi connectivity index (χ3v) is 6.63. The van der Waals surface area contributed by atoms with Crippen molar-refractivity contribution in [2.45, 2.75) is 31.5 Å². The number of rotatable bonds is 5. The van der Waals surface area contributed by atoms with Crippen LogP contribution < -0.4 is 10.4 Å². The van der Waals surface area contributed by atoms with Gasteiger partial charge >= 0.3 is 0 Å². The molecule has 2 unspecified atom stereocenters. The maximum absolute atomic E-state index is 11.6. The summed E-state index contributed by atoms with van der Waals surface area (Å²) in [5, 5.41) is 8.83. The molecule has 0 bridgehead atoms. The molecule has 1 saturated heterocycles. The molecule has 1 amide bonds. The average Bonchev–Trinajstić information content (AvgIpc) is 3.13. The van der Waals surface area contributed by atoms with E-state index in [-0.39, 0.29) is 0 Å². The number of likely N-dealkylation sites (tertiary alicyclic amines) is 1. The molecule has 5 nitrogen and oxygen atoms in total. The molecule has 5 heteroatoms. The van der Waals surface area contributed by atoms with Crippen molar-refractivity contribution in [3.63, 3.8) is 0 Å². The van der Waals surface area contributed by atoms with Crippen molar-refractivity contribution in [3.8, 4) is 0 Å². The zero-order chi connectivity index (χ0) is 21.2. The molecule has 2 aliphatic heterocycles. The average molecular weight is 414 g/mol. The second-order valence-electron chi connectivity index (χ2n) is 8.51. The molecule has 5 rings (SSSR count). The Balaban J connectivity index is 1.35. The summed E-state index contributed by atoms with van der Waals surface area (Å²) in [7, 11) is 0. The molecule has 3 aromatic carbocycles. The number of hydrogen-bond donors (Lipinski definition) is 2. The smallest absolute Gasteiger partial charge is 0.274 e. The summed E-state index contributed by atoms with van der Waals surface area (Å²) in [4.78, 5) is 16.7. The van der Waals surface area contributed by atoms with Gasteiger partial charge in [-0.1, -0.05) is 60.7 Å². The largest absolute Gasteiger partial charge is 0.363 e. The lowest BCUT2D eigenvalue weighted by Crippen LogP contribution is -2.45. The number of carbonyl (C=O) groups is 1.